The molecule has 0 unspecified atom stereocenters. The van der Waals surface area contributed by atoms with Crippen LogP contribution in [0.2, 0.25) is 0 Å². The Hall–Kier alpha value is -3.52. The second-order valence-corrected chi connectivity index (χ2v) is 7.04. The maximum Gasteiger partial charge on any atom is 0.263 e. The van der Waals surface area contributed by atoms with Crippen LogP contribution in [0.25, 0.3) is 21.3 Å². The van der Waals surface area contributed by atoms with E-state index in [1.807, 2.05) is 36.6 Å². The first-order valence-electron chi connectivity index (χ1n) is 8.51. The lowest BCUT2D eigenvalue weighted by molar-refractivity contribution is -0.121. The average molecular weight is 392 g/mol. The van der Waals surface area contributed by atoms with E-state index in [1.54, 1.807) is 12.1 Å². The highest BCUT2D eigenvalue weighted by molar-refractivity contribution is 7.17. The number of hydrogen-bond donors (Lipinski definition) is 1. The van der Waals surface area contributed by atoms with Crippen molar-refractivity contribution in [3.8, 4) is 11.1 Å². The molecule has 0 aliphatic rings. The van der Waals surface area contributed by atoms with Gasteiger partial charge in [-0.2, -0.15) is 5.10 Å². The quantitative estimate of drug-likeness (QED) is 0.417. The van der Waals surface area contributed by atoms with E-state index in [2.05, 4.69) is 15.5 Å². The van der Waals surface area contributed by atoms with Crippen LogP contribution < -0.4 is 11.0 Å². The van der Waals surface area contributed by atoms with Crippen LogP contribution in [-0.4, -0.2) is 21.7 Å². The highest BCUT2D eigenvalue weighted by Gasteiger charge is 2.14. The van der Waals surface area contributed by atoms with Crippen LogP contribution >= 0.6 is 11.3 Å². The van der Waals surface area contributed by atoms with Crippen molar-refractivity contribution in [1.82, 2.24) is 15.0 Å². The third-order valence-electron chi connectivity index (χ3n) is 4.16. The van der Waals surface area contributed by atoms with Gasteiger partial charge in [0.15, 0.2) is 0 Å². The molecular weight excluding hydrogens is 376 g/mol. The largest absolute Gasteiger partial charge is 0.463 e. The standard InChI is InChI=1S/C20H16N4O3S/c1-13-4-6-14(7-5-13)16-11-28-19-18(16)20(26)24(12-21-19)10-17(25)23-22-9-15-3-2-8-27-15/h2-9,11-12H,10H2,1H3,(H,23,25). The summed E-state index contributed by atoms with van der Waals surface area (Å²) in [5.74, 6) is 0.0831. The number of aromatic nitrogens is 2. The Kier molecular flexibility index (Phi) is 4.86. The first kappa shape index (κ1) is 17.9. The molecule has 0 saturated carbocycles. The number of amides is 1. The molecule has 140 valence electrons. The van der Waals surface area contributed by atoms with Crippen molar-refractivity contribution in [1.29, 1.82) is 0 Å². The summed E-state index contributed by atoms with van der Waals surface area (Å²) in [5, 5.41) is 6.25. The Morgan fingerprint density at radius 1 is 1.32 bits per heavy atom. The number of furan rings is 1. The first-order chi connectivity index (χ1) is 13.6. The topological polar surface area (TPSA) is 89.5 Å². The molecule has 8 heteroatoms. The molecule has 1 N–H and O–H groups in total. The molecule has 0 bridgehead atoms. The number of aryl methyl sites for hydroxylation is 1. The fourth-order valence-electron chi connectivity index (χ4n) is 2.75. The van der Waals surface area contributed by atoms with E-state index in [1.165, 1.54) is 34.7 Å². The smallest absolute Gasteiger partial charge is 0.263 e. The molecule has 0 fully saturated rings. The van der Waals surface area contributed by atoms with Gasteiger partial charge in [-0.1, -0.05) is 29.8 Å². The van der Waals surface area contributed by atoms with Gasteiger partial charge in [0, 0.05) is 10.9 Å². The van der Waals surface area contributed by atoms with Gasteiger partial charge in [0.25, 0.3) is 11.5 Å². The summed E-state index contributed by atoms with van der Waals surface area (Å²) in [7, 11) is 0. The van der Waals surface area contributed by atoms with Crippen molar-refractivity contribution < 1.29 is 9.21 Å². The zero-order chi connectivity index (χ0) is 19.5. The summed E-state index contributed by atoms with van der Waals surface area (Å²) in [6.07, 6.45) is 4.28. The normalized spacial score (nSPS) is 11.3. The number of benzene rings is 1. The van der Waals surface area contributed by atoms with Gasteiger partial charge in [0.2, 0.25) is 0 Å². The molecule has 4 aromatic rings. The number of thiophene rings is 1. The molecule has 3 heterocycles. The van der Waals surface area contributed by atoms with Crippen LogP contribution in [-0.2, 0) is 11.3 Å². The van der Waals surface area contributed by atoms with Gasteiger partial charge in [-0.05, 0) is 24.6 Å². The molecule has 0 aliphatic carbocycles. The SMILES string of the molecule is Cc1ccc(-c2csc3ncn(CC(=O)NN=Cc4ccco4)c(=O)c23)cc1. The van der Waals surface area contributed by atoms with E-state index >= 15 is 0 Å². The Labute approximate surface area is 164 Å². The van der Waals surface area contributed by atoms with Gasteiger partial charge < -0.3 is 4.42 Å². The summed E-state index contributed by atoms with van der Waals surface area (Å²) in [5.41, 5.74) is 5.03. The Balaban J connectivity index is 1.59. The zero-order valence-corrected chi connectivity index (χ0v) is 15.8. The lowest BCUT2D eigenvalue weighted by Crippen LogP contribution is -2.30. The van der Waals surface area contributed by atoms with Gasteiger partial charge in [-0.3, -0.25) is 14.2 Å². The Morgan fingerprint density at radius 3 is 2.89 bits per heavy atom. The number of nitrogens with one attached hydrogen (secondary N) is 1. The van der Waals surface area contributed by atoms with E-state index in [9.17, 15) is 9.59 Å². The van der Waals surface area contributed by atoms with E-state index in [0.29, 0.717) is 16.0 Å². The van der Waals surface area contributed by atoms with Crippen LogP contribution in [0.4, 0.5) is 0 Å². The molecular formula is C20H16N4O3S. The highest BCUT2D eigenvalue weighted by atomic mass is 32.1. The summed E-state index contributed by atoms with van der Waals surface area (Å²) in [6.45, 7) is 1.83. The van der Waals surface area contributed by atoms with Crippen LogP contribution in [0, 0.1) is 6.92 Å². The lowest BCUT2D eigenvalue weighted by Gasteiger charge is -2.05. The number of hydrazone groups is 1. The van der Waals surface area contributed by atoms with E-state index in [-0.39, 0.29) is 12.1 Å². The van der Waals surface area contributed by atoms with Gasteiger partial charge >= 0.3 is 0 Å². The third-order valence-corrected chi connectivity index (χ3v) is 5.05. The number of fused-ring (bicyclic) bond motifs is 1. The molecule has 4 rings (SSSR count). The molecule has 0 atom stereocenters. The van der Waals surface area contributed by atoms with Gasteiger partial charge in [-0.25, -0.2) is 10.4 Å². The average Bonchev–Trinajstić information content (AvgIpc) is 3.35. The number of hydrogen-bond acceptors (Lipinski definition) is 6. The van der Waals surface area contributed by atoms with E-state index in [0.717, 1.165) is 16.7 Å². The van der Waals surface area contributed by atoms with Crippen LogP contribution in [0.5, 0.6) is 0 Å². The molecule has 0 spiro atoms. The zero-order valence-electron chi connectivity index (χ0n) is 15.0. The monoisotopic (exact) mass is 392 g/mol. The van der Waals surface area contributed by atoms with Crippen molar-refractivity contribution in [2.45, 2.75) is 13.5 Å². The molecule has 3 aromatic heterocycles. The molecule has 1 amide bonds. The molecule has 28 heavy (non-hydrogen) atoms. The summed E-state index contributed by atoms with van der Waals surface area (Å²) < 4.78 is 6.37. The summed E-state index contributed by atoms with van der Waals surface area (Å²) in [4.78, 5) is 30.0. The van der Waals surface area contributed by atoms with E-state index < -0.39 is 5.91 Å². The second kappa shape index (κ2) is 7.61. The molecule has 0 saturated heterocycles. The third kappa shape index (κ3) is 3.63. The summed E-state index contributed by atoms with van der Waals surface area (Å²) >= 11 is 1.41. The van der Waals surface area contributed by atoms with E-state index in [4.69, 9.17) is 4.42 Å². The molecule has 0 radical (unpaired) electrons. The van der Waals surface area contributed by atoms with Crippen molar-refractivity contribution in [2.75, 3.05) is 0 Å². The maximum absolute atomic E-state index is 12.9. The fourth-order valence-corrected chi connectivity index (χ4v) is 3.65. The minimum atomic E-state index is -0.432. The van der Waals surface area contributed by atoms with Crippen molar-refractivity contribution >= 4 is 33.7 Å². The van der Waals surface area contributed by atoms with Gasteiger partial charge in [-0.15, -0.1) is 11.3 Å². The lowest BCUT2D eigenvalue weighted by atomic mass is 10.1. The van der Waals surface area contributed by atoms with Crippen molar-refractivity contribution in [3.05, 3.63) is 76.0 Å². The predicted octanol–water partition coefficient (Wildman–Crippen LogP) is 3.18. The van der Waals surface area contributed by atoms with Crippen LogP contribution in [0.15, 0.2) is 68.7 Å². The second-order valence-electron chi connectivity index (χ2n) is 6.18. The number of carbonyl (C=O) groups is 1. The molecule has 7 nitrogen and oxygen atoms in total. The molecule has 1 aromatic carbocycles. The fraction of sp³-hybridized carbons (Fsp3) is 0.100. The Bertz CT molecular complexity index is 1200. The van der Waals surface area contributed by atoms with Crippen LogP contribution in [0.3, 0.4) is 0 Å². The number of rotatable bonds is 5. The number of nitrogens with zero attached hydrogens (tertiary/aromatic N) is 3. The maximum atomic E-state index is 12.9. The number of carbonyl (C=O) groups excluding carboxylic acids is 1. The van der Waals surface area contributed by atoms with Crippen molar-refractivity contribution in [2.24, 2.45) is 5.10 Å². The van der Waals surface area contributed by atoms with Crippen molar-refractivity contribution in [3.63, 3.8) is 0 Å². The minimum absolute atomic E-state index is 0.180. The van der Waals surface area contributed by atoms with Gasteiger partial charge in [0.1, 0.15) is 17.1 Å². The Morgan fingerprint density at radius 2 is 2.14 bits per heavy atom. The highest BCUT2D eigenvalue weighted by Crippen LogP contribution is 2.30. The molecule has 0 aliphatic heterocycles. The first-order valence-corrected chi connectivity index (χ1v) is 9.39. The predicted molar refractivity (Wildman–Crippen MR) is 108 cm³/mol. The van der Waals surface area contributed by atoms with Gasteiger partial charge in [0.05, 0.1) is 24.2 Å². The summed E-state index contributed by atoms with van der Waals surface area (Å²) in [6, 6.07) is 11.4. The minimum Gasteiger partial charge on any atom is -0.463 e. The van der Waals surface area contributed by atoms with Crippen LogP contribution in [0.1, 0.15) is 11.3 Å².